The minimum atomic E-state index is -0.998. The summed E-state index contributed by atoms with van der Waals surface area (Å²) < 4.78 is 10.0. The SMILES string of the molecule is COCC(OC1=CC=CCC1)C(=O)O. The maximum atomic E-state index is 10.7. The van der Waals surface area contributed by atoms with Crippen LogP contribution in [0.5, 0.6) is 0 Å². The highest BCUT2D eigenvalue weighted by Crippen LogP contribution is 2.15. The summed E-state index contributed by atoms with van der Waals surface area (Å²) in [5.74, 6) is -0.292. The number of aliphatic carboxylic acids is 1. The zero-order valence-corrected chi connectivity index (χ0v) is 8.10. The van der Waals surface area contributed by atoms with Crippen LogP contribution in [0.1, 0.15) is 12.8 Å². The molecule has 0 aromatic carbocycles. The summed E-state index contributed by atoms with van der Waals surface area (Å²) in [5, 5.41) is 8.78. The number of allylic oxidation sites excluding steroid dienone is 4. The van der Waals surface area contributed by atoms with Crippen LogP contribution in [-0.4, -0.2) is 30.9 Å². The first-order chi connectivity index (χ1) is 6.74. The lowest BCUT2D eigenvalue weighted by atomic mass is 10.1. The van der Waals surface area contributed by atoms with Gasteiger partial charge in [0.05, 0.1) is 12.4 Å². The van der Waals surface area contributed by atoms with E-state index in [9.17, 15) is 4.79 Å². The Kier molecular flexibility index (Phi) is 4.19. The summed E-state index contributed by atoms with van der Waals surface area (Å²) in [4.78, 5) is 10.7. The number of hydrogen-bond acceptors (Lipinski definition) is 3. The van der Waals surface area contributed by atoms with E-state index in [4.69, 9.17) is 14.6 Å². The minimum Gasteiger partial charge on any atom is -0.481 e. The summed E-state index contributed by atoms with van der Waals surface area (Å²) in [6.45, 7) is 0.0659. The molecule has 78 valence electrons. The molecule has 4 heteroatoms. The second-order valence-electron chi connectivity index (χ2n) is 3.00. The number of carboxylic acids is 1. The minimum absolute atomic E-state index is 0.0659. The zero-order chi connectivity index (χ0) is 10.4. The number of hydrogen-bond donors (Lipinski definition) is 1. The Labute approximate surface area is 82.8 Å². The van der Waals surface area contributed by atoms with Crippen LogP contribution in [-0.2, 0) is 14.3 Å². The number of ether oxygens (including phenoxy) is 2. The fourth-order valence-electron chi connectivity index (χ4n) is 1.17. The molecule has 0 aliphatic heterocycles. The van der Waals surface area contributed by atoms with Gasteiger partial charge >= 0.3 is 5.97 Å². The van der Waals surface area contributed by atoms with E-state index in [0.29, 0.717) is 5.76 Å². The summed E-state index contributed by atoms with van der Waals surface area (Å²) in [5.41, 5.74) is 0. The second-order valence-corrected chi connectivity index (χ2v) is 3.00. The topological polar surface area (TPSA) is 55.8 Å². The molecule has 1 rings (SSSR count). The smallest absolute Gasteiger partial charge is 0.347 e. The van der Waals surface area contributed by atoms with Crippen molar-refractivity contribution in [2.45, 2.75) is 18.9 Å². The van der Waals surface area contributed by atoms with Crippen molar-refractivity contribution in [2.75, 3.05) is 13.7 Å². The van der Waals surface area contributed by atoms with E-state index >= 15 is 0 Å². The molecule has 0 amide bonds. The molecule has 0 bridgehead atoms. The fourth-order valence-corrected chi connectivity index (χ4v) is 1.17. The van der Waals surface area contributed by atoms with Crippen LogP contribution >= 0.6 is 0 Å². The Hall–Kier alpha value is -1.29. The lowest BCUT2D eigenvalue weighted by Gasteiger charge is -2.17. The lowest BCUT2D eigenvalue weighted by molar-refractivity contribution is -0.150. The Morgan fingerprint density at radius 1 is 1.71 bits per heavy atom. The molecule has 0 heterocycles. The molecular formula is C10H14O4. The second kappa shape index (κ2) is 5.44. The highest BCUT2D eigenvalue weighted by atomic mass is 16.5. The summed E-state index contributed by atoms with van der Waals surface area (Å²) in [6, 6.07) is 0. The first-order valence-electron chi connectivity index (χ1n) is 4.48. The lowest BCUT2D eigenvalue weighted by Crippen LogP contribution is -2.28. The maximum absolute atomic E-state index is 10.7. The van der Waals surface area contributed by atoms with Crippen molar-refractivity contribution in [1.29, 1.82) is 0 Å². The van der Waals surface area contributed by atoms with Crippen molar-refractivity contribution in [1.82, 2.24) is 0 Å². The number of methoxy groups -OCH3 is 1. The van der Waals surface area contributed by atoms with Crippen LogP contribution in [0.4, 0.5) is 0 Å². The van der Waals surface area contributed by atoms with Crippen molar-refractivity contribution in [3.8, 4) is 0 Å². The first kappa shape index (κ1) is 10.8. The van der Waals surface area contributed by atoms with E-state index < -0.39 is 12.1 Å². The molecule has 0 saturated heterocycles. The molecule has 0 aromatic heterocycles. The maximum Gasteiger partial charge on any atom is 0.347 e. The molecule has 0 saturated carbocycles. The van der Waals surface area contributed by atoms with Crippen molar-refractivity contribution in [3.63, 3.8) is 0 Å². The van der Waals surface area contributed by atoms with E-state index in [2.05, 4.69) is 0 Å². The van der Waals surface area contributed by atoms with Gasteiger partial charge in [-0.15, -0.1) is 0 Å². The van der Waals surface area contributed by atoms with E-state index in [1.807, 2.05) is 12.2 Å². The van der Waals surface area contributed by atoms with Gasteiger partial charge in [0.1, 0.15) is 0 Å². The summed E-state index contributed by atoms with van der Waals surface area (Å²) in [6.07, 6.45) is 6.41. The molecule has 1 N–H and O–H groups in total. The highest BCUT2D eigenvalue weighted by molar-refractivity contribution is 5.72. The van der Waals surface area contributed by atoms with Gasteiger partial charge in [-0.2, -0.15) is 0 Å². The van der Waals surface area contributed by atoms with Crippen LogP contribution in [0.2, 0.25) is 0 Å². The molecule has 14 heavy (non-hydrogen) atoms. The van der Waals surface area contributed by atoms with Crippen molar-refractivity contribution < 1.29 is 19.4 Å². The predicted octanol–water partition coefficient (Wildman–Crippen LogP) is 1.34. The van der Waals surface area contributed by atoms with E-state index in [1.165, 1.54) is 7.11 Å². The van der Waals surface area contributed by atoms with E-state index in [-0.39, 0.29) is 6.61 Å². The van der Waals surface area contributed by atoms with Crippen molar-refractivity contribution >= 4 is 5.97 Å². The van der Waals surface area contributed by atoms with Crippen LogP contribution in [0.25, 0.3) is 0 Å². The molecule has 0 aromatic rings. The molecule has 1 atom stereocenters. The van der Waals surface area contributed by atoms with Crippen LogP contribution in [0.3, 0.4) is 0 Å². The van der Waals surface area contributed by atoms with Crippen molar-refractivity contribution in [2.24, 2.45) is 0 Å². The molecule has 1 aliphatic carbocycles. The average Bonchev–Trinajstić information content (AvgIpc) is 2.18. The molecule has 4 nitrogen and oxygen atoms in total. The van der Waals surface area contributed by atoms with Crippen molar-refractivity contribution in [3.05, 3.63) is 24.0 Å². The van der Waals surface area contributed by atoms with E-state index in [1.54, 1.807) is 6.08 Å². The first-order valence-corrected chi connectivity index (χ1v) is 4.48. The van der Waals surface area contributed by atoms with Gasteiger partial charge in [-0.05, 0) is 12.5 Å². The molecule has 0 spiro atoms. The largest absolute Gasteiger partial charge is 0.481 e. The Bertz CT molecular complexity index is 255. The zero-order valence-electron chi connectivity index (χ0n) is 8.10. The molecule has 1 unspecified atom stereocenters. The highest BCUT2D eigenvalue weighted by Gasteiger charge is 2.20. The Balaban J connectivity index is 2.50. The fraction of sp³-hybridized carbons (Fsp3) is 0.500. The van der Waals surface area contributed by atoms with Crippen LogP contribution in [0, 0.1) is 0 Å². The third-order valence-electron chi connectivity index (χ3n) is 1.86. The summed E-state index contributed by atoms with van der Waals surface area (Å²) in [7, 11) is 1.45. The summed E-state index contributed by atoms with van der Waals surface area (Å²) >= 11 is 0. The molecule has 0 fully saturated rings. The van der Waals surface area contributed by atoms with Gasteiger partial charge in [0.25, 0.3) is 0 Å². The molecule has 1 aliphatic rings. The number of carboxylic acid groups (broad SMARTS) is 1. The van der Waals surface area contributed by atoms with Crippen LogP contribution < -0.4 is 0 Å². The van der Waals surface area contributed by atoms with Crippen LogP contribution in [0.15, 0.2) is 24.0 Å². The average molecular weight is 198 g/mol. The van der Waals surface area contributed by atoms with Gasteiger partial charge in [0.15, 0.2) is 0 Å². The number of rotatable bonds is 5. The van der Waals surface area contributed by atoms with Gasteiger partial charge in [-0.25, -0.2) is 4.79 Å². The monoisotopic (exact) mass is 198 g/mol. The van der Waals surface area contributed by atoms with Gasteiger partial charge < -0.3 is 14.6 Å². The quantitative estimate of drug-likeness (QED) is 0.724. The van der Waals surface area contributed by atoms with Gasteiger partial charge in [0.2, 0.25) is 6.10 Å². The Morgan fingerprint density at radius 2 is 2.50 bits per heavy atom. The van der Waals surface area contributed by atoms with E-state index in [0.717, 1.165) is 12.8 Å². The third-order valence-corrected chi connectivity index (χ3v) is 1.86. The van der Waals surface area contributed by atoms with Gasteiger partial charge in [-0.1, -0.05) is 12.2 Å². The van der Waals surface area contributed by atoms with Gasteiger partial charge in [-0.3, -0.25) is 0 Å². The number of carbonyl (C=O) groups is 1. The standard InChI is InChI=1S/C10H14O4/c1-13-7-9(10(11)12)14-8-5-3-2-4-6-8/h2-3,5,9H,4,6-7H2,1H3,(H,11,12). The molecular weight excluding hydrogens is 184 g/mol. The Morgan fingerprint density at radius 3 is 3.00 bits per heavy atom. The molecule has 0 radical (unpaired) electrons. The third kappa shape index (κ3) is 3.22. The normalized spacial score (nSPS) is 17.4. The predicted molar refractivity (Wildman–Crippen MR) is 50.8 cm³/mol. The van der Waals surface area contributed by atoms with Gasteiger partial charge in [0, 0.05) is 13.5 Å².